The third kappa shape index (κ3) is 2.26. The summed E-state index contributed by atoms with van der Waals surface area (Å²) < 4.78 is 0. The Morgan fingerprint density at radius 1 is 1.26 bits per heavy atom. The Morgan fingerprint density at radius 3 is 2.95 bits per heavy atom. The third-order valence-corrected chi connectivity index (χ3v) is 3.42. The molecule has 4 nitrogen and oxygen atoms in total. The van der Waals surface area contributed by atoms with Crippen molar-refractivity contribution in [2.75, 3.05) is 17.2 Å². The van der Waals surface area contributed by atoms with Gasteiger partial charge in [-0.15, -0.1) is 0 Å². The second kappa shape index (κ2) is 4.88. The number of hydrogen-bond acceptors (Lipinski definition) is 4. The van der Waals surface area contributed by atoms with Crippen molar-refractivity contribution in [3.63, 3.8) is 0 Å². The van der Waals surface area contributed by atoms with Crippen molar-refractivity contribution in [1.29, 1.82) is 0 Å². The highest BCUT2D eigenvalue weighted by Crippen LogP contribution is 2.33. The monoisotopic (exact) mass is 254 g/mol. The maximum atomic E-state index is 5.90. The van der Waals surface area contributed by atoms with Gasteiger partial charge in [-0.1, -0.05) is 25.1 Å². The van der Waals surface area contributed by atoms with Gasteiger partial charge in [0.25, 0.3) is 0 Å². The highest BCUT2D eigenvalue weighted by Gasteiger charge is 2.21. The largest absolute Gasteiger partial charge is 0.384 e. The van der Waals surface area contributed by atoms with Gasteiger partial charge in [0, 0.05) is 24.7 Å². The Hall–Kier alpha value is -2.10. The highest BCUT2D eigenvalue weighted by molar-refractivity contribution is 5.68. The molecule has 0 radical (unpaired) electrons. The van der Waals surface area contributed by atoms with Crippen molar-refractivity contribution in [2.45, 2.75) is 26.2 Å². The molecule has 2 aromatic rings. The molecular weight excluding hydrogens is 236 g/mol. The lowest BCUT2D eigenvalue weighted by molar-refractivity contribution is 0.829. The fourth-order valence-corrected chi connectivity index (χ4v) is 2.55. The number of benzene rings is 1. The van der Waals surface area contributed by atoms with Gasteiger partial charge in [-0.2, -0.15) is 0 Å². The topological polar surface area (TPSA) is 55.0 Å². The van der Waals surface area contributed by atoms with E-state index in [2.05, 4.69) is 46.1 Å². The average Bonchev–Trinajstić information content (AvgIpc) is 2.82. The van der Waals surface area contributed by atoms with Crippen molar-refractivity contribution in [3.05, 3.63) is 41.7 Å². The van der Waals surface area contributed by atoms with Gasteiger partial charge in [0.2, 0.25) is 0 Å². The molecule has 98 valence electrons. The first kappa shape index (κ1) is 12.0. The number of rotatable bonds is 3. The van der Waals surface area contributed by atoms with E-state index in [0.29, 0.717) is 5.82 Å². The minimum Gasteiger partial charge on any atom is -0.384 e. The van der Waals surface area contributed by atoms with E-state index in [0.717, 1.165) is 37.4 Å². The number of anilines is 3. The van der Waals surface area contributed by atoms with Crippen molar-refractivity contribution in [1.82, 2.24) is 9.97 Å². The predicted molar refractivity (Wildman–Crippen MR) is 77.6 cm³/mol. The van der Waals surface area contributed by atoms with Crippen LogP contribution in [-0.2, 0) is 12.8 Å². The summed E-state index contributed by atoms with van der Waals surface area (Å²) in [6, 6.07) is 10.3. The van der Waals surface area contributed by atoms with Gasteiger partial charge in [0.05, 0.1) is 0 Å². The molecule has 19 heavy (non-hydrogen) atoms. The van der Waals surface area contributed by atoms with E-state index in [1.54, 1.807) is 0 Å². The summed E-state index contributed by atoms with van der Waals surface area (Å²) in [5.74, 6) is 2.31. The third-order valence-electron chi connectivity index (χ3n) is 3.42. The number of para-hydroxylation sites is 1. The summed E-state index contributed by atoms with van der Waals surface area (Å²) in [4.78, 5) is 11.2. The molecule has 0 atom stereocenters. The number of aromatic nitrogens is 2. The number of aryl methyl sites for hydroxylation is 1. The van der Waals surface area contributed by atoms with Crippen LogP contribution in [0.1, 0.15) is 24.7 Å². The zero-order valence-corrected chi connectivity index (χ0v) is 11.1. The molecule has 0 fully saturated rings. The predicted octanol–water partition coefficient (Wildman–Crippen LogP) is 2.71. The standard InChI is InChI=1S/C15H18N4/c1-2-5-14-17-13(16)10-15(18-14)19-9-8-11-6-3-4-7-12(11)19/h3-4,6-7,10H,2,5,8-9H2,1H3,(H2,16,17,18). The van der Waals surface area contributed by atoms with Crippen LogP contribution in [0.15, 0.2) is 30.3 Å². The van der Waals surface area contributed by atoms with E-state index in [4.69, 9.17) is 5.73 Å². The molecule has 4 heteroatoms. The number of hydrogen-bond donors (Lipinski definition) is 1. The van der Waals surface area contributed by atoms with E-state index < -0.39 is 0 Å². The molecule has 2 heterocycles. The lowest BCUT2D eigenvalue weighted by atomic mass is 10.2. The van der Waals surface area contributed by atoms with Crippen LogP contribution in [0.3, 0.4) is 0 Å². The number of nitrogens with two attached hydrogens (primary N) is 1. The van der Waals surface area contributed by atoms with Crippen LogP contribution in [0.5, 0.6) is 0 Å². The van der Waals surface area contributed by atoms with Gasteiger partial charge in [0.15, 0.2) is 0 Å². The molecule has 1 aliphatic heterocycles. The molecule has 0 aliphatic carbocycles. The molecule has 0 saturated heterocycles. The molecule has 0 unspecified atom stereocenters. The summed E-state index contributed by atoms with van der Waals surface area (Å²) in [5.41, 5.74) is 8.51. The van der Waals surface area contributed by atoms with Crippen LogP contribution in [0.4, 0.5) is 17.3 Å². The maximum absolute atomic E-state index is 5.90. The average molecular weight is 254 g/mol. The smallest absolute Gasteiger partial charge is 0.138 e. The van der Waals surface area contributed by atoms with E-state index in [9.17, 15) is 0 Å². The second-order valence-corrected chi connectivity index (χ2v) is 4.85. The van der Waals surface area contributed by atoms with E-state index in [-0.39, 0.29) is 0 Å². The lowest BCUT2D eigenvalue weighted by Gasteiger charge is -2.19. The Kier molecular flexibility index (Phi) is 3.07. The fourth-order valence-electron chi connectivity index (χ4n) is 2.55. The van der Waals surface area contributed by atoms with Gasteiger partial charge in [-0.05, 0) is 24.5 Å². The quantitative estimate of drug-likeness (QED) is 0.915. The Labute approximate surface area is 113 Å². The van der Waals surface area contributed by atoms with Gasteiger partial charge < -0.3 is 10.6 Å². The number of nitrogens with zero attached hydrogens (tertiary/aromatic N) is 3. The van der Waals surface area contributed by atoms with E-state index >= 15 is 0 Å². The first-order valence-electron chi connectivity index (χ1n) is 6.77. The maximum Gasteiger partial charge on any atom is 0.138 e. The van der Waals surface area contributed by atoms with Crippen LogP contribution >= 0.6 is 0 Å². The Morgan fingerprint density at radius 2 is 2.11 bits per heavy atom. The van der Waals surface area contributed by atoms with E-state index in [1.165, 1.54) is 11.3 Å². The molecule has 1 aromatic carbocycles. The molecule has 0 saturated carbocycles. The summed E-state index contributed by atoms with van der Waals surface area (Å²) in [6.07, 6.45) is 2.95. The van der Waals surface area contributed by atoms with Crippen LogP contribution in [-0.4, -0.2) is 16.5 Å². The van der Waals surface area contributed by atoms with Gasteiger partial charge in [-0.25, -0.2) is 9.97 Å². The van der Waals surface area contributed by atoms with Gasteiger partial charge in [0.1, 0.15) is 17.5 Å². The summed E-state index contributed by atoms with van der Waals surface area (Å²) in [6.45, 7) is 3.08. The first-order chi connectivity index (χ1) is 9.28. The van der Waals surface area contributed by atoms with Gasteiger partial charge >= 0.3 is 0 Å². The van der Waals surface area contributed by atoms with Crippen molar-refractivity contribution in [2.24, 2.45) is 0 Å². The minimum atomic E-state index is 0.554. The fraction of sp³-hybridized carbons (Fsp3) is 0.333. The Bertz CT molecular complexity index is 594. The zero-order valence-electron chi connectivity index (χ0n) is 11.1. The van der Waals surface area contributed by atoms with Crippen LogP contribution in [0.25, 0.3) is 0 Å². The second-order valence-electron chi connectivity index (χ2n) is 4.85. The SMILES string of the molecule is CCCc1nc(N)cc(N2CCc3ccccc32)n1. The molecule has 1 aliphatic rings. The van der Waals surface area contributed by atoms with Crippen molar-refractivity contribution >= 4 is 17.3 Å². The molecule has 0 amide bonds. The molecule has 3 rings (SSSR count). The minimum absolute atomic E-state index is 0.554. The van der Waals surface area contributed by atoms with Crippen LogP contribution in [0, 0.1) is 0 Å². The van der Waals surface area contributed by atoms with Gasteiger partial charge in [-0.3, -0.25) is 0 Å². The van der Waals surface area contributed by atoms with E-state index in [1.807, 2.05) is 6.07 Å². The lowest BCUT2D eigenvalue weighted by Crippen LogP contribution is -2.16. The normalized spacial score (nSPS) is 13.6. The molecule has 0 spiro atoms. The highest BCUT2D eigenvalue weighted by atomic mass is 15.2. The zero-order chi connectivity index (χ0) is 13.2. The molecule has 0 bridgehead atoms. The van der Waals surface area contributed by atoms with Crippen molar-refractivity contribution < 1.29 is 0 Å². The summed E-state index contributed by atoms with van der Waals surface area (Å²) in [5, 5.41) is 0. The van der Waals surface area contributed by atoms with Crippen LogP contribution in [0.2, 0.25) is 0 Å². The number of nitrogen functional groups attached to an aromatic ring is 1. The first-order valence-corrected chi connectivity index (χ1v) is 6.77. The molecular formula is C15H18N4. The summed E-state index contributed by atoms with van der Waals surface area (Å²) >= 11 is 0. The summed E-state index contributed by atoms with van der Waals surface area (Å²) in [7, 11) is 0. The van der Waals surface area contributed by atoms with Crippen molar-refractivity contribution in [3.8, 4) is 0 Å². The molecule has 2 N–H and O–H groups in total. The van der Waals surface area contributed by atoms with Crippen LogP contribution < -0.4 is 10.6 Å². The number of fused-ring (bicyclic) bond motifs is 1. The molecule has 1 aromatic heterocycles. The Balaban J connectivity index is 1.99.